The van der Waals surface area contributed by atoms with Crippen LogP contribution < -0.4 is 0 Å². The SMILES string of the molecule is O=S(=O)(C(C(F)(F)F)(C(F)(F)F)C(F)(F)F)C(C(F)(F)F)(C(F)(F)F)C(F)(F)F. The van der Waals surface area contributed by atoms with E-state index < -0.39 is 56.4 Å². The van der Waals surface area contributed by atoms with Gasteiger partial charge in [-0.15, -0.1) is 0 Å². The molecule has 0 aliphatic heterocycles. The van der Waals surface area contributed by atoms with E-state index in [4.69, 9.17) is 0 Å². The number of rotatable bonds is 2. The van der Waals surface area contributed by atoms with Gasteiger partial charge in [0, 0.05) is 0 Å². The van der Waals surface area contributed by atoms with E-state index in [1.165, 1.54) is 0 Å². The van der Waals surface area contributed by atoms with Crippen LogP contribution in [0.5, 0.6) is 0 Å². The molecule has 21 heteroatoms. The summed E-state index contributed by atoms with van der Waals surface area (Å²) in [6.07, 6.45) is -52.3. The Morgan fingerprint density at radius 2 is 0.414 bits per heavy atom. The zero-order valence-corrected chi connectivity index (χ0v) is 12.8. The van der Waals surface area contributed by atoms with Crippen LogP contribution in [0.3, 0.4) is 0 Å². The summed E-state index contributed by atoms with van der Waals surface area (Å²) in [5, 5.41) is 0. The molecular formula is C8F18O2S. The fraction of sp³-hybridized carbons (Fsp3) is 1.00. The highest BCUT2D eigenvalue weighted by Crippen LogP contribution is 2.67. The number of sulfone groups is 1. The van der Waals surface area contributed by atoms with Crippen LogP contribution in [0.1, 0.15) is 0 Å². The lowest BCUT2D eigenvalue weighted by Gasteiger charge is -2.45. The van der Waals surface area contributed by atoms with Crippen molar-refractivity contribution >= 4 is 9.84 Å². The number of hydrogen-bond acceptors (Lipinski definition) is 2. The summed E-state index contributed by atoms with van der Waals surface area (Å²) >= 11 is 0. The van der Waals surface area contributed by atoms with Crippen molar-refractivity contribution in [2.75, 3.05) is 0 Å². The standard InChI is InChI=1S/C8F18O2S/c9-3(10,11)1(4(12,13)14,5(15,16)17)29(27,28)2(6(18,19)20,7(21,22)23)8(24,25)26. The van der Waals surface area contributed by atoms with Crippen LogP contribution in [0, 0.1) is 0 Å². The van der Waals surface area contributed by atoms with Crippen LogP contribution >= 0.6 is 0 Å². The monoisotopic (exact) mass is 502 g/mol. The van der Waals surface area contributed by atoms with E-state index in [2.05, 4.69) is 0 Å². The molecular weight excluding hydrogens is 502 g/mol. The molecule has 0 bridgehead atoms. The lowest BCUT2D eigenvalue weighted by Crippen LogP contribution is -2.81. The summed E-state index contributed by atoms with van der Waals surface area (Å²) in [5.74, 6) is 0. The van der Waals surface area contributed by atoms with Crippen LogP contribution in [-0.4, -0.2) is 55.0 Å². The molecule has 0 rings (SSSR count). The molecule has 0 saturated heterocycles. The van der Waals surface area contributed by atoms with Gasteiger partial charge in [0.25, 0.3) is 0 Å². The maximum Gasteiger partial charge on any atom is 0.426 e. The molecule has 0 fully saturated rings. The van der Waals surface area contributed by atoms with Gasteiger partial charge in [0.2, 0.25) is 9.84 Å². The third-order valence-electron chi connectivity index (χ3n) is 3.20. The second kappa shape index (κ2) is 6.34. The Morgan fingerprint density at radius 3 is 0.483 bits per heavy atom. The predicted molar refractivity (Wildman–Crippen MR) is 50.7 cm³/mol. The van der Waals surface area contributed by atoms with Crippen molar-refractivity contribution in [1.82, 2.24) is 0 Å². The van der Waals surface area contributed by atoms with Gasteiger partial charge < -0.3 is 0 Å². The van der Waals surface area contributed by atoms with Crippen molar-refractivity contribution in [3.8, 4) is 0 Å². The quantitative estimate of drug-likeness (QED) is 0.484. The van der Waals surface area contributed by atoms with Crippen LogP contribution in [0.25, 0.3) is 0 Å². The van der Waals surface area contributed by atoms with E-state index in [0.29, 0.717) is 0 Å². The Bertz CT molecular complexity index is 578. The van der Waals surface area contributed by atoms with Gasteiger partial charge in [-0.05, 0) is 0 Å². The average molecular weight is 502 g/mol. The van der Waals surface area contributed by atoms with Crippen molar-refractivity contribution < 1.29 is 87.4 Å². The Morgan fingerprint density at radius 1 is 0.310 bits per heavy atom. The van der Waals surface area contributed by atoms with Gasteiger partial charge in [-0.2, -0.15) is 79.0 Å². The van der Waals surface area contributed by atoms with Gasteiger partial charge in [-0.3, -0.25) is 0 Å². The molecule has 0 aliphatic rings. The molecule has 176 valence electrons. The lowest BCUT2D eigenvalue weighted by molar-refractivity contribution is -0.363. The van der Waals surface area contributed by atoms with Gasteiger partial charge in [0.1, 0.15) is 0 Å². The Balaban J connectivity index is 8.36. The second-order valence-electron chi connectivity index (χ2n) is 4.85. The van der Waals surface area contributed by atoms with Crippen molar-refractivity contribution in [3.05, 3.63) is 0 Å². The van der Waals surface area contributed by atoms with Crippen LogP contribution in [-0.2, 0) is 9.84 Å². The number of hydrogen-bond donors (Lipinski definition) is 0. The normalized spacial score (nSPS) is 16.9. The first-order valence-corrected chi connectivity index (χ1v) is 7.13. The first-order valence-electron chi connectivity index (χ1n) is 5.64. The number of halogens is 18. The molecule has 0 spiro atoms. The van der Waals surface area contributed by atoms with Crippen molar-refractivity contribution in [2.24, 2.45) is 0 Å². The Labute approximate surface area is 145 Å². The zero-order valence-electron chi connectivity index (χ0n) is 12.0. The van der Waals surface area contributed by atoms with Crippen LogP contribution in [0.2, 0.25) is 0 Å². The first kappa shape index (κ1) is 27.7. The molecule has 0 amide bonds. The van der Waals surface area contributed by atoms with E-state index >= 15 is 0 Å². The topological polar surface area (TPSA) is 34.1 Å². The van der Waals surface area contributed by atoms with Crippen molar-refractivity contribution in [2.45, 2.75) is 46.6 Å². The molecule has 0 unspecified atom stereocenters. The Hall–Kier alpha value is -1.31. The third-order valence-corrected chi connectivity index (χ3v) is 6.20. The number of alkyl halides is 18. The average Bonchev–Trinajstić information content (AvgIpc) is 2.12. The van der Waals surface area contributed by atoms with Crippen molar-refractivity contribution in [1.29, 1.82) is 0 Å². The Kier molecular flexibility index (Phi) is 6.06. The van der Waals surface area contributed by atoms with E-state index in [-0.39, 0.29) is 0 Å². The molecule has 0 N–H and O–H groups in total. The molecule has 0 radical (unpaired) electrons. The van der Waals surface area contributed by atoms with Gasteiger partial charge >= 0.3 is 46.6 Å². The maximum absolute atomic E-state index is 12.6. The molecule has 2 nitrogen and oxygen atoms in total. The van der Waals surface area contributed by atoms with Crippen molar-refractivity contribution in [3.63, 3.8) is 0 Å². The molecule has 0 heterocycles. The third kappa shape index (κ3) is 3.26. The van der Waals surface area contributed by atoms with E-state index in [0.717, 1.165) is 0 Å². The van der Waals surface area contributed by atoms with E-state index in [1.54, 1.807) is 0 Å². The molecule has 0 aromatic heterocycles. The minimum absolute atomic E-state index is 8.71. The summed E-state index contributed by atoms with van der Waals surface area (Å²) in [6, 6.07) is 0. The highest BCUT2D eigenvalue weighted by atomic mass is 32.2. The maximum atomic E-state index is 12.6. The first-order chi connectivity index (χ1) is 12.0. The summed E-state index contributed by atoms with van der Waals surface area (Å²) in [4.78, 5) is 0. The molecule has 0 aromatic rings. The molecule has 0 saturated carbocycles. The highest BCUT2D eigenvalue weighted by Gasteiger charge is 3.02. The minimum atomic E-state index is -10.5. The molecule has 0 aromatic carbocycles. The minimum Gasteiger partial charge on any atom is -0.226 e. The largest absolute Gasteiger partial charge is 0.426 e. The fourth-order valence-electron chi connectivity index (χ4n) is 2.11. The molecule has 0 aliphatic carbocycles. The highest BCUT2D eigenvalue weighted by molar-refractivity contribution is 7.94. The summed E-state index contributed by atoms with van der Waals surface area (Å²) in [7, 11) is -10.5. The smallest absolute Gasteiger partial charge is 0.226 e. The zero-order chi connectivity index (χ0) is 24.5. The summed E-state index contributed by atoms with van der Waals surface area (Å²) in [6.45, 7) is 0. The second-order valence-corrected chi connectivity index (χ2v) is 7.08. The van der Waals surface area contributed by atoms with Gasteiger partial charge in [-0.25, -0.2) is 8.42 Å². The fourth-order valence-corrected chi connectivity index (χ4v) is 4.40. The van der Waals surface area contributed by atoms with E-state index in [9.17, 15) is 87.4 Å². The van der Waals surface area contributed by atoms with Crippen LogP contribution in [0.4, 0.5) is 79.0 Å². The predicted octanol–water partition coefficient (Wildman–Crippen LogP) is 5.25. The lowest BCUT2D eigenvalue weighted by atomic mass is 10.1. The van der Waals surface area contributed by atoms with Gasteiger partial charge in [0.15, 0.2) is 0 Å². The van der Waals surface area contributed by atoms with Gasteiger partial charge in [0.05, 0.1) is 0 Å². The van der Waals surface area contributed by atoms with Gasteiger partial charge in [-0.1, -0.05) is 0 Å². The summed E-state index contributed by atoms with van der Waals surface area (Å²) < 4.78 is 232. The van der Waals surface area contributed by atoms with E-state index in [1.807, 2.05) is 0 Å². The van der Waals surface area contributed by atoms with Crippen LogP contribution in [0.15, 0.2) is 0 Å². The summed E-state index contributed by atoms with van der Waals surface area (Å²) in [5.41, 5.74) is 0. The molecule has 29 heavy (non-hydrogen) atoms. The molecule has 0 atom stereocenters.